The molecule has 1 atom stereocenters. The van der Waals surface area contributed by atoms with Gasteiger partial charge < -0.3 is 10.1 Å². The molecule has 0 aromatic heterocycles. The fourth-order valence-electron chi connectivity index (χ4n) is 1.51. The molecule has 1 amide bonds. The van der Waals surface area contributed by atoms with E-state index in [0.717, 1.165) is 12.2 Å². The Morgan fingerprint density at radius 1 is 1.39 bits per heavy atom. The predicted octanol–water partition coefficient (Wildman–Crippen LogP) is 2.76. The van der Waals surface area contributed by atoms with Gasteiger partial charge >= 0.3 is 0 Å². The zero-order chi connectivity index (χ0) is 13.4. The van der Waals surface area contributed by atoms with E-state index in [-0.39, 0.29) is 12.0 Å². The number of carbonyl (C=O) groups is 1. The smallest absolute Gasteiger partial charge is 0.221 e. The molecule has 0 heterocycles. The topological polar surface area (TPSA) is 38.3 Å². The highest BCUT2D eigenvalue weighted by atomic mass is 35.5. The fraction of sp³-hybridized carbons (Fsp3) is 0.500. The summed E-state index contributed by atoms with van der Waals surface area (Å²) in [5.41, 5.74) is 1.28. The number of hydrogen-bond acceptors (Lipinski definition) is 2. The lowest BCUT2D eigenvalue weighted by Crippen LogP contribution is -2.33. The molecule has 0 radical (unpaired) electrons. The quantitative estimate of drug-likeness (QED) is 0.773. The first-order valence-corrected chi connectivity index (χ1v) is 6.77. The van der Waals surface area contributed by atoms with Gasteiger partial charge in [0.1, 0.15) is 11.9 Å². The van der Waals surface area contributed by atoms with Gasteiger partial charge in [-0.15, -0.1) is 11.6 Å². The maximum absolute atomic E-state index is 11.2. The van der Waals surface area contributed by atoms with Crippen LogP contribution in [0.5, 0.6) is 5.75 Å². The van der Waals surface area contributed by atoms with Gasteiger partial charge in [-0.3, -0.25) is 4.79 Å². The van der Waals surface area contributed by atoms with Crippen molar-refractivity contribution in [1.29, 1.82) is 0 Å². The number of amides is 1. The number of carbonyl (C=O) groups excluding carboxylic acids is 1. The van der Waals surface area contributed by atoms with Crippen molar-refractivity contribution in [2.24, 2.45) is 0 Å². The summed E-state index contributed by atoms with van der Waals surface area (Å²) in [6.07, 6.45) is 1.31. The van der Waals surface area contributed by atoms with Crippen LogP contribution in [0.2, 0.25) is 0 Å². The Morgan fingerprint density at radius 3 is 2.61 bits per heavy atom. The first kappa shape index (κ1) is 14.8. The number of benzene rings is 1. The van der Waals surface area contributed by atoms with E-state index in [9.17, 15) is 4.79 Å². The van der Waals surface area contributed by atoms with Gasteiger partial charge in [0, 0.05) is 12.3 Å². The van der Waals surface area contributed by atoms with E-state index in [1.807, 2.05) is 31.2 Å². The molecular weight excluding hydrogens is 250 g/mol. The first-order chi connectivity index (χ1) is 8.65. The second kappa shape index (κ2) is 7.98. The number of hydrogen-bond donors (Lipinski definition) is 1. The molecular formula is C14H20ClNO2. The minimum Gasteiger partial charge on any atom is -0.489 e. The van der Waals surface area contributed by atoms with E-state index in [0.29, 0.717) is 18.8 Å². The number of nitrogens with one attached hydrogen (secondary N) is 1. The average molecular weight is 270 g/mol. The number of ether oxygens (including phenoxy) is 1. The van der Waals surface area contributed by atoms with E-state index in [1.54, 1.807) is 0 Å². The molecule has 0 spiro atoms. The SMILES string of the molecule is CCc1ccc(OC(C)CNC(=O)CCCl)cc1. The van der Waals surface area contributed by atoms with Crippen LogP contribution in [-0.4, -0.2) is 24.4 Å². The fourth-order valence-corrected chi connectivity index (χ4v) is 1.68. The van der Waals surface area contributed by atoms with Crippen molar-refractivity contribution in [3.8, 4) is 5.75 Å². The third kappa shape index (κ3) is 5.41. The molecule has 1 aromatic carbocycles. The highest BCUT2D eigenvalue weighted by Gasteiger charge is 2.06. The molecule has 0 bridgehead atoms. The highest BCUT2D eigenvalue weighted by Crippen LogP contribution is 2.13. The van der Waals surface area contributed by atoms with E-state index < -0.39 is 0 Å². The molecule has 4 heteroatoms. The number of rotatable bonds is 7. The van der Waals surface area contributed by atoms with Crippen molar-refractivity contribution in [2.75, 3.05) is 12.4 Å². The number of aryl methyl sites for hydroxylation is 1. The normalized spacial score (nSPS) is 11.9. The van der Waals surface area contributed by atoms with Crippen molar-refractivity contribution >= 4 is 17.5 Å². The second-order valence-corrected chi connectivity index (χ2v) is 4.55. The summed E-state index contributed by atoms with van der Waals surface area (Å²) < 4.78 is 5.69. The molecule has 0 aliphatic carbocycles. The van der Waals surface area contributed by atoms with Gasteiger partial charge in [-0.1, -0.05) is 19.1 Å². The van der Waals surface area contributed by atoms with E-state index >= 15 is 0 Å². The summed E-state index contributed by atoms with van der Waals surface area (Å²) in [5, 5.41) is 2.78. The Bertz CT molecular complexity index is 365. The van der Waals surface area contributed by atoms with Crippen molar-refractivity contribution in [3.05, 3.63) is 29.8 Å². The van der Waals surface area contributed by atoms with Crippen molar-refractivity contribution in [3.63, 3.8) is 0 Å². The van der Waals surface area contributed by atoms with Crippen LogP contribution in [0.1, 0.15) is 25.8 Å². The number of alkyl halides is 1. The Morgan fingerprint density at radius 2 is 2.06 bits per heavy atom. The third-order valence-electron chi connectivity index (χ3n) is 2.58. The molecule has 1 unspecified atom stereocenters. The second-order valence-electron chi connectivity index (χ2n) is 4.17. The predicted molar refractivity (Wildman–Crippen MR) is 74.3 cm³/mol. The standard InChI is InChI=1S/C14H20ClNO2/c1-3-12-4-6-13(7-5-12)18-11(2)10-16-14(17)8-9-15/h4-7,11H,3,8-10H2,1-2H3,(H,16,17). The number of halogens is 1. The summed E-state index contributed by atoms with van der Waals surface area (Å²) in [6, 6.07) is 8.01. The summed E-state index contributed by atoms with van der Waals surface area (Å²) in [4.78, 5) is 11.2. The Labute approximate surface area is 113 Å². The molecule has 1 rings (SSSR count). The molecule has 0 saturated carbocycles. The van der Waals surface area contributed by atoms with Crippen LogP contribution in [-0.2, 0) is 11.2 Å². The zero-order valence-corrected chi connectivity index (χ0v) is 11.7. The molecule has 0 aliphatic rings. The third-order valence-corrected chi connectivity index (χ3v) is 2.77. The van der Waals surface area contributed by atoms with Gasteiger partial charge in [-0.2, -0.15) is 0 Å². The lowest BCUT2D eigenvalue weighted by Gasteiger charge is -2.15. The van der Waals surface area contributed by atoms with Gasteiger partial charge in [0.25, 0.3) is 0 Å². The average Bonchev–Trinajstić information content (AvgIpc) is 2.38. The molecule has 1 N–H and O–H groups in total. The molecule has 0 fully saturated rings. The Balaban J connectivity index is 2.34. The highest BCUT2D eigenvalue weighted by molar-refractivity contribution is 6.18. The summed E-state index contributed by atoms with van der Waals surface area (Å²) in [5.74, 6) is 1.13. The van der Waals surface area contributed by atoms with Gasteiger partial charge in [0.05, 0.1) is 6.54 Å². The van der Waals surface area contributed by atoms with Crippen molar-refractivity contribution in [1.82, 2.24) is 5.32 Å². The summed E-state index contributed by atoms with van der Waals surface area (Å²) >= 11 is 5.48. The minimum absolute atomic E-state index is 0.0400. The lowest BCUT2D eigenvalue weighted by molar-refractivity contribution is -0.121. The van der Waals surface area contributed by atoms with Crippen LogP contribution in [0.4, 0.5) is 0 Å². The molecule has 1 aromatic rings. The van der Waals surface area contributed by atoms with Crippen LogP contribution in [0.3, 0.4) is 0 Å². The van der Waals surface area contributed by atoms with Crippen LogP contribution in [0, 0.1) is 0 Å². The van der Waals surface area contributed by atoms with Gasteiger partial charge in [-0.25, -0.2) is 0 Å². The Hall–Kier alpha value is -1.22. The van der Waals surface area contributed by atoms with Gasteiger partial charge in [0.2, 0.25) is 5.91 Å². The first-order valence-electron chi connectivity index (χ1n) is 6.24. The zero-order valence-electron chi connectivity index (χ0n) is 10.9. The molecule has 18 heavy (non-hydrogen) atoms. The van der Waals surface area contributed by atoms with Crippen LogP contribution in [0.15, 0.2) is 24.3 Å². The van der Waals surface area contributed by atoms with E-state index in [4.69, 9.17) is 16.3 Å². The maximum atomic E-state index is 11.2. The minimum atomic E-state index is -0.0586. The molecule has 0 saturated heterocycles. The summed E-state index contributed by atoms with van der Waals surface area (Å²) in [7, 11) is 0. The van der Waals surface area contributed by atoms with Gasteiger partial charge in [-0.05, 0) is 31.0 Å². The molecule has 100 valence electrons. The molecule has 3 nitrogen and oxygen atoms in total. The monoisotopic (exact) mass is 269 g/mol. The van der Waals surface area contributed by atoms with Gasteiger partial charge in [0.15, 0.2) is 0 Å². The van der Waals surface area contributed by atoms with E-state index in [2.05, 4.69) is 12.2 Å². The maximum Gasteiger partial charge on any atom is 0.221 e. The van der Waals surface area contributed by atoms with E-state index in [1.165, 1.54) is 5.56 Å². The van der Waals surface area contributed by atoms with Crippen molar-refractivity contribution in [2.45, 2.75) is 32.8 Å². The van der Waals surface area contributed by atoms with Crippen LogP contribution >= 0.6 is 11.6 Å². The summed E-state index contributed by atoms with van der Waals surface area (Å²) in [6.45, 7) is 4.53. The lowest BCUT2D eigenvalue weighted by atomic mass is 10.2. The van der Waals surface area contributed by atoms with Crippen LogP contribution < -0.4 is 10.1 Å². The Kier molecular flexibility index (Phi) is 6.58. The molecule has 0 aliphatic heterocycles. The van der Waals surface area contributed by atoms with Crippen LogP contribution in [0.25, 0.3) is 0 Å². The van der Waals surface area contributed by atoms with Crippen molar-refractivity contribution < 1.29 is 9.53 Å². The largest absolute Gasteiger partial charge is 0.489 e.